The number of nitrogens with one attached hydrogen (secondary N) is 1. The van der Waals surface area contributed by atoms with E-state index in [0.29, 0.717) is 10.8 Å². The first-order valence-corrected chi connectivity index (χ1v) is 10.0. The molecule has 8 nitrogen and oxygen atoms in total. The molecule has 2 aromatic carbocycles. The summed E-state index contributed by atoms with van der Waals surface area (Å²) in [5.74, 6) is -0.681. The molecule has 0 saturated heterocycles. The largest absolute Gasteiger partial charge is 0.416 e. The molecule has 0 saturated carbocycles. The Morgan fingerprint density at radius 1 is 1.12 bits per heavy atom. The van der Waals surface area contributed by atoms with Gasteiger partial charge in [0.1, 0.15) is 12.7 Å². The molecule has 0 spiro atoms. The number of rotatable bonds is 5. The van der Waals surface area contributed by atoms with E-state index in [-0.39, 0.29) is 35.1 Å². The molecule has 0 unspecified atom stereocenters. The Hall–Kier alpha value is -4.02. The molecule has 33 heavy (non-hydrogen) atoms. The molecule has 2 heterocycles. The maximum atomic E-state index is 13.3. The van der Waals surface area contributed by atoms with Gasteiger partial charge in [0.25, 0.3) is 11.5 Å². The molecule has 0 atom stereocenters. The van der Waals surface area contributed by atoms with E-state index in [1.807, 2.05) is 13.8 Å². The molecule has 0 bridgehead atoms. The van der Waals surface area contributed by atoms with Gasteiger partial charge in [0.15, 0.2) is 5.69 Å². The van der Waals surface area contributed by atoms with Gasteiger partial charge in [-0.05, 0) is 30.2 Å². The fraction of sp³-hybridized carbons (Fsp3) is 0.227. The molecule has 170 valence electrons. The molecule has 4 rings (SSSR count). The van der Waals surface area contributed by atoms with Crippen LogP contribution >= 0.6 is 0 Å². The summed E-state index contributed by atoms with van der Waals surface area (Å²) in [5, 5.41) is 11.3. The molecule has 0 aliphatic carbocycles. The normalized spacial score (nSPS) is 11.8. The summed E-state index contributed by atoms with van der Waals surface area (Å²) in [5.41, 5.74) is -1.31. The van der Waals surface area contributed by atoms with Crippen LogP contribution < -0.4 is 10.9 Å². The standard InChI is InChI=1S/C22H19F3N6O2/c1-13(2)10-30-21(33)16-6-4-3-5-15(16)19(29-30)20(32)28-17-9-14(22(23,24)25)7-8-18(17)31-12-26-11-27-31/h3-9,11-13H,10H2,1-2H3,(H,28,32). The fourth-order valence-corrected chi connectivity index (χ4v) is 3.40. The average molecular weight is 456 g/mol. The molecule has 11 heteroatoms. The highest BCUT2D eigenvalue weighted by molar-refractivity contribution is 6.11. The first-order valence-electron chi connectivity index (χ1n) is 10.0. The van der Waals surface area contributed by atoms with E-state index in [4.69, 9.17) is 0 Å². The molecule has 0 radical (unpaired) electrons. The number of halogens is 3. The van der Waals surface area contributed by atoms with Gasteiger partial charge in [0.2, 0.25) is 0 Å². The van der Waals surface area contributed by atoms with E-state index in [9.17, 15) is 22.8 Å². The van der Waals surface area contributed by atoms with Gasteiger partial charge in [-0.3, -0.25) is 9.59 Å². The number of aromatic nitrogens is 5. The fourth-order valence-electron chi connectivity index (χ4n) is 3.40. The first kappa shape index (κ1) is 22.2. The van der Waals surface area contributed by atoms with Crippen LogP contribution in [0.5, 0.6) is 0 Å². The second-order valence-corrected chi connectivity index (χ2v) is 7.80. The number of fused-ring (bicyclic) bond motifs is 1. The van der Waals surface area contributed by atoms with Gasteiger partial charge in [0.05, 0.1) is 22.3 Å². The second kappa shape index (κ2) is 8.49. The third kappa shape index (κ3) is 4.47. The summed E-state index contributed by atoms with van der Waals surface area (Å²) in [4.78, 5) is 29.8. The summed E-state index contributed by atoms with van der Waals surface area (Å²) < 4.78 is 42.4. The van der Waals surface area contributed by atoms with Crippen molar-refractivity contribution in [3.63, 3.8) is 0 Å². The van der Waals surface area contributed by atoms with Crippen molar-refractivity contribution >= 4 is 22.4 Å². The zero-order chi connectivity index (χ0) is 23.8. The van der Waals surface area contributed by atoms with Gasteiger partial charge in [-0.2, -0.15) is 23.4 Å². The van der Waals surface area contributed by atoms with Crippen LogP contribution in [0.15, 0.2) is 59.9 Å². The Morgan fingerprint density at radius 2 is 1.85 bits per heavy atom. The molecule has 1 amide bonds. The van der Waals surface area contributed by atoms with Gasteiger partial charge in [-0.25, -0.2) is 14.3 Å². The van der Waals surface area contributed by atoms with Crippen LogP contribution in [0, 0.1) is 5.92 Å². The summed E-state index contributed by atoms with van der Waals surface area (Å²) in [6, 6.07) is 9.38. The summed E-state index contributed by atoms with van der Waals surface area (Å²) in [6.07, 6.45) is -2.09. The Bertz CT molecular complexity index is 1380. The molecule has 4 aromatic rings. The molecule has 2 aromatic heterocycles. The van der Waals surface area contributed by atoms with E-state index in [0.717, 1.165) is 12.1 Å². The maximum absolute atomic E-state index is 13.3. The van der Waals surface area contributed by atoms with Crippen molar-refractivity contribution in [2.45, 2.75) is 26.6 Å². The minimum absolute atomic E-state index is 0.0761. The quantitative estimate of drug-likeness (QED) is 0.492. The lowest BCUT2D eigenvalue weighted by Crippen LogP contribution is -2.29. The lowest BCUT2D eigenvalue weighted by molar-refractivity contribution is -0.137. The van der Waals surface area contributed by atoms with Gasteiger partial charge in [-0.1, -0.05) is 32.0 Å². The number of benzene rings is 2. The van der Waals surface area contributed by atoms with Crippen LogP contribution in [-0.4, -0.2) is 30.5 Å². The van der Waals surface area contributed by atoms with E-state index in [2.05, 4.69) is 20.5 Å². The predicted octanol–water partition coefficient (Wildman–Crippen LogP) is 3.90. The van der Waals surface area contributed by atoms with Crippen LogP contribution in [0.3, 0.4) is 0 Å². The smallest absolute Gasteiger partial charge is 0.319 e. The summed E-state index contributed by atoms with van der Waals surface area (Å²) in [7, 11) is 0. The minimum atomic E-state index is -4.62. The molecule has 0 aliphatic rings. The number of nitrogens with zero attached hydrogens (tertiary/aromatic N) is 5. The number of hydrogen-bond donors (Lipinski definition) is 1. The molecule has 0 aliphatic heterocycles. The Labute approximate surface area is 185 Å². The van der Waals surface area contributed by atoms with Crippen molar-refractivity contribution in [2.75, 3.05) is 5.32 Å². The number of amides is 1. The average Bonchev–Trinajstić information content (AvgIpc) is 3.29. The third-order valence-corrected chi connectivity index (χ3v) is 4.86. The van der Waals surface area contributed by atoms with E-state index in [1.54, 1.807) is 24.3 Å². The van der Waals surface area contributed by atoms with E-state index in [1.165, 1.54) is 28.1 Å². The van der Waals surface area contributed by atoms with E-state index >= 15 is 0 Å². The number of hydrogen-bond acceptors (Lipinski definition) is 5. The highest BCUT2D eigenvalue weighted by atomic mass is 19.4. The lowest BCUT2D eigenvalue weighted by atomic mass is 10.1. The van der Waals surface area contributed by atoms with E-state index < -0.39 is 17.6 Å². The number of carbonyl (C=O) groups excluding carboxylic acids is 1. The van der Waals surface area contributed by atoms with Crippen LogP contribution in [0.1, 0.15) is 29.9 Å². The Balaban J connectivity index is 1.83. The first-order chi connectivity index (χ1) is 15.6. The molecular weight excluding hydrogens is 437 g/mol. The molecular formula is C22H19F3N6O2. The monoisotopic (exact) mass is 456 g/mol. The van der Waals surface area contributed by atoms with Crippen molar-refractivity contribution < 1.29 is 18.0 Å². The maximum Gasteiger partial charge on any atom is 0.416 e. The van der Waals surface area contributed by atoms with Crippen molar-refractivity contribution in [2.24, 2.45) is 5.92 Å². The topological polar surface area (TPSA) is 94.7 Å². The van der Waals surface area contributed by atoms with Gasteiger partial charge in [-0.15, -0.1) is 0 Å². The minimum Gasteiger partial charge on any atom is -0.319 e. The van der Waals surface area contributed by atoms with Gasteiger partial charge >= 0.3 is 6.18 Å². The number of alkyl halides is 3. The molecule has 0 fully saturated rings. The van der Waals surface area contributed by atoms with Crippen LogP contribution in [0.2, 0.25) is 0 Å². The third-order valence-electron chi connectivity index (χ3n) is 4.86. The zero-order valence-corrected chi connectivity index (χ0v) is 17.7. The Kier molecular flexibility index (Phi) is 5.71. The SMILES string of the molecule is CC(C)Cn1nc(C(=O)Nc2cc(C(F)(F)F)ccc2-n2cncn2)c2ccccc2c1=O. The Morgan fingerprint density at radius 3 is 2.48 bits per heavy atom. The predicted molar refractivity (Wildman–Crippen MR) is 115 cm³/mol. The van der Waals surface area contributed by atoms with Gasteiger partial charge < -0.3 is 5.32 Å². The summed E-state index contributed by atoms with van der Waals surface area (Å²) in [6.45, 7) is 4.07. The summed E-state index contributed by atoms with van der Waals surface area (Å²) >= 11 is 0. The lowest BCUT2D eigenvalue weighted by Gasteiger charge is -2.16. The number of anilines is 1. The van der Waals surface area contributed by atoms with Crippen LogP contribution in [0.25, 0.3) is 16.5 Å². The highest BCUT2D eigenvalue weighted by Gasteiger charge is 2.31. The van der Waals surface area contributed by atoms with Crippen LogP contribution in [-0.2, 0) is 12.7 Å². The second-order valence-electron chi connectivity index (χ2n) is 7.80. The van der Waals surface area contributed by atoms with Crippen molar-refractivity contribution in [1.29, 1.82) is 0 Å². The van der Waals surface area contributed by atoms with Crippen molar-refractivity contribution in [1.82, 2.24) is 24.5 Å². The van der Waals surface area contributed by atoms with Crippen molar-refractivity contribution in [3.8, 4) is 5.69 Å². The molecule has 1 N–H and O–H groups in total. The van der Waals surface area contributed by atoms with Crippen LogP contribution in [0.4, 0.5) is 18.9 Å². The number of carbonyl (C=O) groups is 1. The van der Waals surface area contributed by atoms with Gasteiger partial charge in [0, 0.05) is 11.9 Å². The zero-order valence-electron chi connectivity index (χ0n) is 17.7. The highest BCUT2D eigenvalue weighted by Crippen LogP contribution is 2.33. The van der Waals surface area contributed by atoms with Crippen molar-refractivity contribution in [3.05, 3.63) is 76.7 Å².